The van der Waals surface area contributed by atoms with E-state index in [1.165, 1.54) is 17.2 Å². The summed E-state index contributed by atoms with van der Waals surface area (Å²) in [7, 11) is 0. The molecule has 5 rings (SSSR count). The second-order valence-corrected chi connectivity index (χ2v) is 8.51. The molecule has 2 amide bonds. The molecule has 3 aliphatic rings. The zero-order valence-electron chi connectivity index (χ0n) is 18.2. The topological polar surface area (TPSA) is 139 Å². The Morgan fingerprint density at radius 3 is 2.91 bits per heavy atom. The SMILES string of the molecule is CC1(C)OC[C@@H](COc2ccnc(NC(=O)N3c4nc(C(=O)O)ccc4N4CCC3C4)n2)O1. The van der Waals surface area contributed by atoms with Crippen LogP contribution >= 0.6 is 0 Å². The van der Waals surface area contributed by atoms with E-state index >= 15 is 0 Å². The number of pyridine rings is 1. The van der Waals surface area contributed by atoms with Gasteiger partial charge >= 0.3 is 12.0 Å². The summed E-state index contributed by atoms with van der Waals surface area (Å²) in [6.07, 6.45) is 2.00. The summed E-state index contributed by atoms with van der Waals surface area (Å²) in [6, 6.07) is 4.11. The normalized spacial score (nSPS) is 22.7. The van der Waals surface area contributed by atoms with Crippen LogP contribution in [-0.2, 0) is 9.47 Å². The number of carbonyl (C=O) groups is 2. The predicted octanol–water partition coefficient (Wildman–Crippen LogP) is 1.73. The summed E-state index contributed by atoms with van der Waals surface area (Å²) >= 11 is 0. The van der Waals surface area contributed by atoms with Gasteiger partial charge < -0.3 is 24.2 Å². The maximum absolute atomic E-state index is 13.2. The molecule has 5 heterocycles. The number of rotatable bonds is 5. The summed E-state index contributed by atoms with van der Waals surface area (Å²) in [5.74, 6) is -1.13. The summed E-state index contributed by atoms with van der Waals surface area (Å²) in [5.41, 5.74) is 0.602. The van der Waals surface area contributed by atoms with Crippen molar-refractivity contribution in [3.05, 3.63) is 30.1 Å². The lowest BCUT2D eigenvalue weighted by atomic mass is 10.2. The number of fused-ring (bicyclic) bond motifs is 4. The van der Waals surface area contributed by atoms with E-state index in [4.69, 9.17) is 14.2 Å². The third-order valence-corrected chi connectivity index (χ3v) is 5.72. The lowest BCUT2D eigenvalue weighted by Gasteiger charge is -2.35. The minimum atomic E-state index is -1.15. The van der Waals surface area contributed by atoms with Crippen LogP contribution < -0.4 is 19.9 Å². The Morgan fingerprint density at radius 1 is 1.30 bits per heavy atom. The number of carboxylic acids is 1. The number of hydrogen-bond donors (Lipinski definition) is 2. The van der Waals surface area contributed by atoms with Gasteiger partial charge in [-0.2, -0.15) is 4.98 Å². The average Bonchev–Trinajstić information content (AvgIpc) is 3.35. The number of nitrogens with one attached hydrogen (secondary N) is 1. The van der Waals surface area contributed by atoms with Gasteiger partial charge in [-0.15, -0.1) is 0 Å². The third-order valence-electron chi connectivity index (χ3n) is 5.72. The van der Waals surface area contributed by atoms with Crippen molar-refractivity contribution in [1.29, 1.82) is 0 Å². The van der Waals surface area contributed by atoms with Gasteiger partial charge in [0, 0.05) is 25.4 Å². The van der Waals surface area contributed by atoms with E-state index in [1.807, 2.05) is 13.8 Å². The van der Waals surface area contributed by atoms with Crippen molar-refractivity contribution in [2.75, 3.05) is 41.4 Å². The first kappa shape index (κ1) is 21.3. The largest absolute Gasteiger partial charge is 0.477 e. The highest BCUT2D eigenvalue weighted by Gasteiger charge is 2.41. The number of ether oxygens (including phenoxy) is 3. The second kappa shape index (κ2) is 8.12. The van der Waals surface area contributed by atoms with Crippen molar-refractivity contribution < 1.29 is 28.9 Å². The number of nitrogens with zero attached hydrogens (tertiary/aromatic N) is 5. The summed E-state index contributed by atoms with van der Waals surface area (Å²) in [6.45, 7) is 5.74. The maximum atomic E-state index is 13.2. The fraction of sp³-hybridized carbons (Fsp3) is 0.476. The van der Waals surface area contributed by atoms with E-state index in [0.29, 0.717) is 19.0 Å². The molecule has 0 aromatic carbocycles. The van der Waals surface area contributed by atoms with Crippen LogP contribution in [0.15, 0.2) is 24.4 Å². The molecule has 2 fully saturated rings. The molecular weight excluding hydrogens is 432 g/mol. The Kier molecular flexibility index (Phi) is 5.25. The molecule has 2 aromatic heterocycles. The molecule has 0 aliphatic carbocycles. The van der Waals surface area contributed by atoms with Gasteiger partial charge in [0.15, 0.2) is 17.3 Å². The van der Waals surface area contributed by atoms with Crippen molar-refractivity contribution in [2.45, 2.75) is 38.2 Å². The number of carboxylic acid groups (broad SMARTS) is 1. The second-order valence-electron chi connectivity index (χ2n) is 8.51. The molecule has 2 saturated heterocycles. The zero-order chi connectivity index (χ0) is 23.2. The Morgan fingerprint density at radius 2 is 2.15 bits per heavy atom. The first-order valence-corrected chi connectivity index (χ1v) is 10.7. The van der Waals surface area contributed by atoms with Crippen LogP contribution in [-0.4, -0.2) is 76.3 Å². The van der Waals surface area contributed by atoms with Gasteiger partial charge in [0.1, 0.15) is 12.7 Å². The van der Waals surface area contributed by atoms with E-state index in [-0.39, 0.29) is 36.3 Å². The van der Waals surface area contributed by atoms with Crippen LogP contribution in [0.4, 0.5) is 22.2 Å². The molecule has 2 bridgehead atoms. The molecule has 33 heavy (non-hydrogen) atoms. The Bertz CT molecular complexity index is 1090. The molecule has 174 valence electrons. The fourth-order valence-corrected chi connectivity index (χ4v) is 4.25. The summed E-state index contributed by atoms with van der Waals surface area (Å²) in [4.78, 5) is 40.8. The Labute approximate surface area is 189 Å². The highest BCUT2D eigenvalue weighted by molar-refractivity contribution is 6.04. The Balaban J connectivity index is 1.31. The standard InChI is InChI=1S/C21H24N6O6/c1-21(2)32-11-13(33-21)10-31-16-5-7-22-19(24-16)25-20(30)27-12-6-8-26(9-12)15-4-3-14(18(28)29)23-17(15)27/h3-5,7,12-13H,6,8-11H2,1-2H3,(H,28,29)(H,22,24,25,30)/t12?,13-/m1/s1. The highest BCUT2D eigenvalue weighted by Crippen LogP contribution is 2.39. The molecule has 3 aliphatic heterocycles. The van der Waals surface area contributed by atoms with E-state index in [0.717, 1.165) is 18.7 Å². The highest BCUT2D eigenvalue weighted by atomic mass is 16.7. The monoisotopic (exact) mass is 456 g/mol. The van der Waals surface area contributed by atoms with Gasteiger partial charge in [0.05, 0.1) is 18.3 Å². The molecule has 12 heteroatoms. The van der Waals surface area contributed by atoms with Gasteiger partial charge in [-0.05, 0) is 32.4 Å². The van der Waals surface area contributed by atoms with E-state index in [2.05, 4.69) is 25.2 Å². The molecule has 2 atom stereocenters. The minimum absolute atomic E-state index is 0.0674. The lowest BCUT2D eigenvalue weighted by molar-refractivity contribution is -0.141. The smallest absolute Gasteiger partial charge is 0.354 e. The maximum Gasteiger partial charge on any atom is 0.354 e. The first-order valence-electron chi connectivity index (χ1n) is 10.7. The van der Waals surface area contributed by atoms with Gasteiger partial charge in [-0.3, -0.25) is 10.2 Å². The number of urea groups is 1. The van der Waals surface area contributed by atoms with Crippen LogP contribution in [0.5, 0.6) is 5.88 Å². The molecule has 2 N–H and O–H groups in total. The number of aromatic carboxylic acids is 1. The molecular formula is C21H24N6O6. The minimum Gasteiger partial charge on any atom is -0.477 e. The summed E-state index contributed by atoms with van der Waals surface area (Å²) in [5, 5.41) is 12.0. The number of hydrogen-bond acceptors (Lipinski definition) is 9. The molecule has 0 saturated carbocycles. The molecule has 1 unspecified atom stereocenters. The van der Waals surface area contributed by atoms with E-state index < -0.39 is 17.8 Å². The number of aromatic nitrogens is 3. The van der Waals surface area contributed by atoms with Crippen molar-refractivity contribution in [1.82, 2.24) is 15.0 Å². The van der Waals surface area contributed by atoms with Crippen LogP contribution in [0.3, 0.4) is 0 Å². The van der Waals surface area contributed by atoms with Crippen molar-refractivity contribution in [2.24, 2.45) is 0 Å². The van der Waals surface area contributed by atoms with E-state index in [1.54, 1.807) is 12.1 Å². The van der Waals surface area contributed by atoms with Crippen molar-refractivity contribution >= 4 is 29.5 Å². The fourth-order valence-electron chi connectivity index (χ4n) is 4.25. The van der Waals surface area contributed by atoms with Crippen molar-refractivity contribution in [3.63, 3.8) is 0 Å². The van der Waals surface area contributed by atoms with Crippen LogP contribution in [0.2, 0.25) is 0 Å². The van der Waals surface area contributed by atoms with E-state index in [9.17, 15) is 14.7 Å². The molecule has 2 aromatic rings. The third kappa shape index (κ3) is 4.26. The van der Waals surface area contributed by atoms with Crippen molar-refractivity contribution in [3.8, 4) is 5.88 Å². The average molecular weight is 456 g/mol. The number of amides is 2. The predicted molar refractivity (Wildman–Crippen MR) is 116 cm³/mol. The van der Waals surface area contributed by atoms with Gasteiger partial charge in [-0.1, -0.05) is 0 Å². The summed E-state index contributed by atoms with van der Waals surface area (Å²) < 4.78 is 16.9. The zero-order valence-corrected chi connectivity index (χ0v) is 18.2. The van der Waals surface area contributed by atoms with Crippen LogP contribution in [0.25, 0.3) is 0 Å². The molecule has 12 nitrogen and oxygen atoms in total. The van der Waals surface area contributed by atoms with Crippen LogP contribution in [0, 0.1) is 0 Å². The Hall–Kier alpha value is -3.51. The van der Waals surface area contributed by atoms with Gasteiger partial charge in [-0.25, -0.2) is 19.6 Å². The number of carbonyl (C=O) groups excluding carboxylic acids is 1. The first-order chi connectivity index (χ1) is 15.8. The van der Waals surface area contributed by atoms with Gasteiger partial charge in [0.25, 0.3) is 0 Å². The van der Waals surface area contributed by atoms with Gasteiger partial charge in [0.2, 0.25) is 11.8 Å². The lowest BCUT2D eigenvalue weighted by Crippen LogP contribution is -2.48. The quantitative estimate of drug-likeness (QED) is 0.684. The molecule has 0 spiro atoms. The number of anilines is 3. The van der Waals surface area contributed by atoms with Crippen LogP contribution in [0.1, 0.15) is 30.8 Å². The molecule has 0 radical (unpaired) electrons.